The molecule has 0 atom stereocenters. The van der Waals surface area contributed by atoms with Gasteiger partial charge in [-0.3, -0.25) is 10.1 Å². The fourth-order valence-corrected chi connectivity index (χ4v) is 1.50. The van der Waals surface area contributed by atoms with E-state index in [1.54, 1.807) is 27.7 Å². The van der Waals surface area contributed by atoms with Crippen molar-refractivity contribution in [3.8, 4) is 5.75 Å². The maximum Gasteiger partial charge on any atom is 0.349 e. The SMILES string of the molecule is CC(C)OC(=O)c1c(OC(C)C)cccc1[N+](=O)[O-]. The summed E-state index contributed by atoms with van der Waals surface area (Å²) in [5.74, 6) is -0.590. The van der Waals surface area contributed by atoms with Crippen LogP contribution in [0.3, 0.4) is 0 Å². The van der Waals surface area contributed by atoms with Crippen molar-refractivity contribution in [2.75, 3.05) is 0 Å². The van der Waals surface area contributed by atoms with E-state index in [1.165, 1.54) is 18.2 Å². The van der Waals surface area contributed by atoms with Gasteiger partial charge in [-0.2, -0.15) is 0 Å². The molecule has 1 aromatic rings. The van der Waals surface area contributed by atoms with Crippen molar-refractivity contribution in [1.82, 2.24) is 0 Å². The van der Waals surface area contributed by atoms with Crippen molar-refractivity contribution < 1.29 is 19.2 Å². The van der Waals surface area contributed by atoms with Gasteiger partial charge in [0.15, 0.2) is 5.56 Å². The lowest BCUT2D eigenvalue weighted by Crippen LogP contribution is -2.16. The summed E-state index contributed by atoms with van der Waals surface area (Å²) in [7, 11) is 0. The number of ether oxygens (including phenoxy) is 2. The Hall–Kier alpha value is -2.11. The summed E-state index contributed by atoms with van der Waals surface area (Å²) in [5.41, 5.74) is -0.460. The Bertz CT molecular complexity index is 482. The molecule has 1 rings (SSSR count). The van der Waals surface area contributed by atoms with Crippen molar-refractivity contribution in [3.63, 3.8) is 0 Å². The van der Waals surface area contributed by atoms with Crippen LogP contribution >= 0.6 is 0 Å². The molecule has 0 aliphatic heterocycles. The van der Waals surface area contributed by atoms with Gasteiger partial charge < -0.3 is 9.47 Å². The third-order valence-corrected chi connectivity index (χ3v) is 2.11. The van der Waals surface area contributed by atoms with Crippen molar-refractivity contribution >= 4 is 11.7 Å². The first-order valence-electron chi connectivity index (χ1n) is 5.98. The van der Waals surface area contributed by atoms with Crippen LogP contribution in [0.25, 0.3) is 0 Å². The molecule has 0 N–H and O–H groups in total. The highest BCUT2D eigenvalue weighted by molar-refractivity contribution is 5.97. The first kappa shape index (κ1) is 14.9. The van der Waals surface area contributed by atoms with Crippen LogP contribution in [0.1, 0.15) is 38.1 Å². The van der Waals surface area contributed by atoms with E-state index in [9.17, 15) is 14.9 Å². The largest absolute Gasteiger partial charge is 0.490 e. The van der Waals surface area contributed by atoms with Gasteiger partial charge in [0.2, 0.25) is 0 Å². The lowest BCUT2D eigenvalue weighted by Gasteiger charge is -2.14. The average molecular weight is 267 g/mol. The molecule has 0 fully saturated rings. The predicted molar refractivity (Wildman–Crippen MR) is 69.4 cm³/mol. The highest BCUT2D eigenvalue weighted by Crippen LogP contribution is 2.30. The molecule has 0 saturated heterocycles. The average Bonchev–Trinajstić information content (AvgIpc) is 2.26. The van der Waals surface area contributed by atoms with E-state index in [1.807, 2.05) is 0 Å². The van der Waals surface area contributed by atoms with E-state index < -0.39 is 10.9 Å². The van der Waals surface area contributed by atoms with Crippen molar-refractivity contribution in [1.29, 1.82) is 0 Å². The van der Waals surface area contributed by atoms with Gasteiger partial charge >= 0.3 is 5.97 Å². The quantitative estimate of drug-likeness (QED) is 0.465. The molecule has 104 valence electrons. The van der Waals surface area contributed by atoms with Gasteiger partial charge in [-0.25, -0.2) is 4.79 Å². The van der Waals surface area contributed by atoms with Gasteiger partial charge in [-0.15, -0.1) is 0 Å². The molecule has 0 aromatic heterocycles. The van der Waals surface area contributed by atoms with E-state index >= 15 is 0 Å². The first-order valence-corrected chi connectivity index (χ1v) is 5.98. The second-order valence-electron chi connectivity index (χ2n) is 4.53. The standard InChI is InChI=1S/C13H17NO5/c1-8(2)18-11-7-5-6-10(14(16)17)12(11)13(15)19-9(3)4/h5-9H,1-4H3. The van der Waals surface area contributed by atoms with Crippen molar-refractivity contribution in [2.45, 2.75) is 39.9 Å². The molecule has 0 unspecified atom stereocenters. The fourth-order valence-electron chi connectivity index (χ4n) is 1.50. The molecule has 19 heavy (non-hydrogen) atoms. The number of carbonyl (C=O) groups is 1. The van der Waals surface area contributed by atoms with Gasteiger partial charge in [0.1, 0.15) is 5.75 Å². The summed E-state index contributed by atoms with van der Waals surface area (Å²) < 4.78 is 10.5. The summed E-state index contributed by atoms with van der Waals surface area (Å²) in [6.45, 7) is 6.90. The van der Waals surface area contributed by atoms with Crippen LogP contribution in [0.15, 0.2) is 18.2 Å². The van der Waals surface area contributed by atoms with Crippen LogP contribution in [-0.2, 0) is 4.74 Å². The fraction of sp³-hybridized carbons (Fsp3) is 0.462. The Morgan fingerprint density at radius 1 is 1.21 bits per heavy atom. The molecule has 1 aromatic carbocycles. The van der Waals surface area contributed by atoms with E-state index in [2.05, 4.69) is 0 Å². The van der Waals surface area contributed by atoms with E-state index in [0.29, 0.717) is 0 Å². The number of benzene rings is 1. The number of rotatable bonds is 5. The third-order valence-electron chi connectivity index (χ3n) is 2.11. The molecule has 0 amide bonds. The van der Waals surface area contributed by atoms with Gasteiger partial charge in [-0.05, 0) is 33.8 Å². The number of nitro benzene ring substituents is 1. The molecule has 0 bridgehead atoms. The molecule has 0 saturated carbocycles. The summed E-state index contributed by atoms with van der Waals surface area (Å²) in [6, 6.07) is 4.25. The zero-order valence-corrected chi connectivity index (χ0v) is 11.4. The summed E-state index contributed by atoms with van der Waals surface area (Å²) >= 11 is 0. The van der Waals surface area contributed by atoms with Crippen LogP contribution in [0.4, 0.5) is 5.69 Å². The van der Waals surface area contributed by atoms with E-state index in [0.717, 1.165) is 0 Å². The third kappa shape index (κ3) is 3.94. The maximum absolute atomic E-state index is 12.0. The molecule has 0 heterocycles. The van der Waals surface area contributed by atoms with Crippen LogP contribution in [0.2, 0.25) is 0 Å². The number of nitrogens with zero attached hydrogens (tertiary/aromatic N) is 1. The van der Waals surface area contributed by atoms with Crippen LogP contribution < -0.4 is 4.74 Å². The van der Waals surface area contributed by atoms with Gasteiger partial charge in [0.05, 0.1) is 17.1 Å². The number of nitro groups is 1. The Balaban J connectivity index is 3.28. The zero-order valence-electron chi connectivity index (χ0n) is 11.4. The van der Waals surface area contributed by atoms with Crippen LogP contribution in [-0.4, -0.2) is 23.1 Å². The van der Waals surface area contributed by atoms with Crippen LogP contribution in [0.5, 0.6) is 5.75 Å². The summed E-state index contributed by atoms with van der Waals surface area (Å²) in [6.07, 6.45) is -0.563. The van der Waals surface area contributed by atoms with E-state index in [-0.39, 0.29) is 29.2 Å². The predicted octanol–water partition coefficient (Wildman–Crippen LogP) is 2.95. The molecule has 0 radical (unpaired) electrons. The number of hydrogen-bond donors (Lipinski definition) is 0. The minimum atomic E-state index is -0.752. The lowest BCUT2D eigenvalue weighted by molar-refractivity contribution is -0.385. The second kappa shape index (κ2) is 6.17. The van der Waals surface area contributed by atoms with Crippen LogP contribution in [0, 0.1) is 10.1 Å². The van der Waals surface area contributed by atoms with Crippen molar-refractivity contribution in [3.05, 3.63) is 33.9 Å². The number of carbonyl (C=O) groups excluding carboxylic acids is 1. The Morgan fingerprint density at radius 2 is 1.84 bits per heavy atom. The first-order chi connectivity index (χ1) is 8.82. The monoisotopic (exact) mass is 267 g/mol. The molecular weight excluding hydrogens is 250 g/mol. The summed E-state index contributed by atoms with van der Waals surface area (Å²) in [5, 5.41) is 11.0. The maximum atomic E-state index is 12.0. The Kier molecular flexibility index (Phi) is 4.86. The molecule has 0 aliphatic carbocycles. The van der Waals surface area contributed by atoms with Crippen molar-refractivity contribution in [2.24, 2.45) is 0 Å². The number of hydrogen-bond acceptors (Lipinski definition) is 5. The molecule has 0 aliphatic rings. The summed E-state index contributed by atoms with van der Waals surface area (Å²) in [4.78, 5) is 22.3. The normalized spacial score (nSPS) is 10.6. The van der Waals surface area contributed by atoms with Gasteiger partial charge in [-0.1, -0.05) is 6.07 Å². The molecular formula is C13H17NO5. The smallest absolute Gasteiger partial charge is 0.349 e. The second-order valence-corrected chi connectivity index (χ2v) is 4.53. The molecule has 6 heteroatoms. The topological polar surface area (TPSA) is 78.7 Å². The van der Waals surface area contributed by atoms with Gasteiger partial charge in [0.25, 0.3) is 5.69 Å². The van der Waals surface area contributed by atoms with E-state index in [4.69, 9.17) is 9.47 Å². The highest BCUT2D eigenvalue weighted by Gasteiger charge is 2.27. The molecule has 6 nitrogen and oxygen atoms in total. The highest BCUT2D eigenvalue weighted by atomic mass is 16.6. The minimum Gasteiger partial charge on any atom is -0.490 e. The zero-order chi connectivity index (χ0) is 14.6. The lowest BCUT2D eigenvalue weighted by atomic mass is 10.1. The minimum absolute atomic E-state index is 0.144. The number of esters is 1. The van der Waals surface area contributed by atoms with Gasteiger partial charge in [0, 0.05) is 6.07 Å². The Labute approximate surface area is 111 Å². The Morgan fingerprint density at radius 3 is 2.32 bits per heavy atom. The molecule has 0 spiro atoms.